The summed E-state index contributed by atoms with van der Waals surface area (Å²) in [5, 5.41) is 6.50. The highest BCUT2D eigenvalue weighted by molar-refractivity contribution is 7.12. The molecule has 0 bridgehead atoms. The summed E-state index contributed by atoms with van der Waals surface area (Å²) in [5.41, 5.74) is 3.83. The van der Waals surface area contributed by atoms with Crippen LogP contribution in [-0.4, -0.2) is 9.55 Å². The van der Waals surface area contributed by atoms with E-state index in [0.29, 0.717) is 0 Å². The van der Waals surface area contributed by atoms with Crippen LogP contribution in [0.2, 0.25) is 0 Å². The third kappa shape index (κ3) is 2.98. The van der Waals surface area contributed by atoms with Gasteiger partial charge in [0.25, 0.3) is 0 Å². The number of hydrogen-bond donors (Lipinski definition) is 1. The lowest BCUT2D eigenvalue weighted by atomic mass is 10.1. The number of hydrogen-bond acceptors (Lipinski definition) is 3. The molecule has 4 heteroatoms. The lowest BCUT2D eigenvalue weighted by molar-refractivity contribution is 0.669. The molecule has 0 amide bonds. The van der Waals surface area contributed by atoms with Crippen LogP contribution in [0.5, 0.6) is 0 Å². The molecule has 1 N–H and O–H groups in total. The molecule has 1 aromatic carbocycles. The van der Waals surface area contributed by atoms with Crippen molar-refractivity contribution in [2.75, 3.05) is 0 Å². The van der Waals surface area contributed by atoms with E-state index >= 15 is 0 Å². The third-order valence-electron chi connectivity index (χ3n) is 3.21. The van der Waals surface area contributed by atoms with Crippen LogP contribution in [0.25, 0.3) is 5.13 Å². The van der Waals surface area contributed by atoms with E-state index < -0.39 is 0 Å². The zero-order valence-corrected chi connectivity index (χ0v) is 12.2. The van der Waals surface area contributed by atoms with Crippen LogP contribution in [0.3, 0.4) is 0 Å². The minimum absolute atomic E-state index is 0.834. The molecule has 0 saturated carbocycles. The second kappa shape index (κ2) is 6.03. The number of rotatable bonds is 5. The molecule has 0 aliphatic rings. The summed E-state index contributed by atoms with van der Waals surface area (Å²) in [6.07, 6.45) is 3.89. The molecular formula is C16H17N3S. The number of nitrogens with one attached hydrogen (secondary N) is 1. The van der Waals surface area contributed by atoms with Gasteiger partial charge in [-0.2, -0.15) is 0 Å². The quantitative estimate of drug-likeness (QED) is 0.776. The molecule has 0 unspecified atom stereocenters. The van der Waals surface area contributed by atoms with Crippen molar-refractivity contribution in [3.8, 4) is 5.13 Å². The topological polar surface area (TPSA) is 29.9 Å². The first-order valence-corrected chi connectivity index (χ1v) is 7.53. The van der Waals surface area contributed by atoms with Gasteiger partial charge in [-0.25, -0.2) is 4.98 Å². The Kier molecular flexibility index (Phi) is 3.95. The molecule has 0 radical (unpaired) electrons. The van der Waals surface area contributed by atoms with Gasteiger partial charge >= 0.3 is 0 Å². The van der Waals surface area contributed by atoms with Gasteiger partial charge in [0.2, 0.25) is 0 Å². The van der Waals surface area contributed by atoms with Crippen LogP contribution in [0.1, 0.15) is 16.8 Å². The van der Waals surface area contributed by atoms with Gasteiger partial charge in [-0.3, -0.25) is 4.57 Å². The number of aryl methyl sites for hydroxylation is 1. The smallest absolute Gasteiger partial charge is 0.193 e. The average Bonchev–Trinajstić information content (AvgIpc) is 3.11. The first-order chi connectivity index (χ1) is 9.83. The van der Waals surface area contributed by atoms with E-state index in [2.05, 4.69) is 64.4 Å². The minimum atomic E-state index is 0.834. The van der Waals surface area contributed by atoms with Crippen LogP contribution in [-0.2, 0) is 13.1 Å². The molecule has 0 atom stereocenters. The summed E-state index contributed by atoms with van der Waals surface area (Å²) in [4.78, 5) is 4.35. The van der Waals surface area contributed by atoms with Crippen LogP contribution in [0, 0.1) is 6.92 Å². The fraction of sp³-hybridized carbons (Fsp3) is 0.188. The van der Waals surface area contributed by atoms with Crippen molar-refractivity contribution in [3.63, 3.8) is 0 Å². The van der Waals surface area contributed by atoms with E-state index in [1.54, 1.807) is 11.3 Å². The summed E-state index contributed by atoms with van der Waals surface area (Å²) in [7, 11) is 0. The first kappa shape index (κ1) is 13.1. The molecular weight excluding hydrogens is 266 g/mol. The Morgan fingerprint density at radius 1 is 1.15 bits per heavy atom. The monoisotopic (exact) mass is 283 g/mol. The van der Waals surface area contributed by atoms with E-state index in [-0.39, 0.29) is 0 Å². The summed E-state index contributed by atoms with van der Waals surface area (Å²) >= 11 is 1.65. The lowest BCUT2D eigenvalue weighted by Crippen LogP contribution is -2.15. The summed E-state index contributed by atoms with van der Waals surface area (Å²) < 4.78 is 2.13. The predicted octanol–water partition coefficient (Wildman–Crippen LogP) is 3.53. The van der Waals surface area contributed by atoms with E-state index in [1.807, 2.05) is 11.6 Å². The molecule has 102 valence electrons. The molecule has 0 spiro atoms. The Balaban J connectivity index is 1.62. The Morgan fingerprint density at radius 3 is 2.75 bits per heavy atom. The molecule has 3 rings (SSSR count). The van der Waals surface area contributed by atoms with Gasteiger partial charge in [-0.15, -0.1) is 11.3 Å². The molecule has 2 heterocycles. The first-order valence-electron chi connectivity index (χ1n) is 6.65. The Labute approximate surface area is 122 Å². The third-order valence-corrected chi connectivity index (χ3v) is 3.99. The van der Waals surface area contributed by atoms with Crippen LogP contribution < -0.4 is 5.32 Å². The predicted molar refractivity (Wildman–Crippen MR) is 83.2 cm³/mol. The highest BCUT2D eigenvalue weighted by Crippen LogP contribution is 2.15. The standard InChI is InChI=1S/C16H17N3S/c1-13-4-6-14(7-5-13)11-17-12-15-3-2-9-19(15)16-18-8-10-20-16/h2-10,17H,11-12H2,1H3. The van der Waals surface area contributed by atoms with Gasteiger partial charge in [-0.1, -0.05) is 29.8 Å². The van der Waals surface area contributed by atoms with E-state index in [4.69, 9.17) is 0 Å². The van der Waals surface area contributed by atoms with Gasteiger partial charge in [0, 0.05) is 36.6 Å². The van der Waals surface area contributed by atoms with Crippen molar-refractivity contribution in [2.45, 2.75) is 20.0 Å². The largest absolute Gasteiger partial charge is 0.307 e. The molecule has 3 aromatic rings. The minimum Gasteiger partial charge on any atom is -0.307 e. The Morgan fingerprint density at radius 2 is 2.00 bits per heavy atom. The van der Waals surface area contributed by atoms with Crippen molar-refractivity contribution in [1.29, 1.82) is 0 Å². The van der Waals surface area contributed by atoms with Crippen LogP contribution >= 0.6 is 11.3 Å². The molecule has 3 nitrogen and oxygen atoms in total. The normalized spacial score (nSPS) is 10.8. The van der Waals surface area contributed by atoms with Gasteiger partial charge in [-0.05, 0) is 24.6 Å². The Bertz CT molecular complexity index is 653. The highest BCUT2D eigenvalue weighted by Gasteiger charge is 2.04. The molecule has 0 aliphatic carbocycles. The lowest BCUT2D eigenvalue weighted by Gasteiger charge is -2.08. The van der Waals surface area contributed by atoms with Gasteiger partial charge in [0.1, 0.15) is 0 Å². The van der Waals surface area contributed by atoms with Crippen LogP contribution in [0.4, 0.5) is 0 Å². The fourth-order valence-corrected chi connectivity index (χ4v) is 2.78. The van der Waals surface area contributed by atoms with Crippen molar-refractivity contribution >= 4 is 11.3 Å². The Hall–Kier alpha value is -1.91. The van der Waals surface area contributed by atoms with Crippen molar-refractivity contribution < 1.29 is 0 Å². The van der Waals surface area contributed by atoms with E-state index in [9.17, 15) is 0 Å². The molecule has 2 aromatic heterocycles. The van der Waals surface area contributed by atoms with Crippen molar-refractivity contribution in [1.82, 2.24) is 14.9 Å². The number of thiazole rings is 1. The number of nitrogens with zero attached hydrogens (tertiary/aromatic N) is 2. The van der Waals surface area contributed by atoms with Crippen molar-refractivity contribution in [3.05, 3.63) is 71.0 Å². The average molecular weight is 283 g/mol. The second-order valence-corrected chi connectivity index (χ2v) is 5.65. The maximum absolute atomic E-state index is 4.35. The van der Waals surface area contributed by atoms with E-state index in [1.165, 1.54) is 16.8 Å². The van der Waals surface area contributed by atoms with Gasteiger partial charge in [0.15, 0.2) is 5.13 Å². The molecule has 0 fully saturated rings. The second-order valence-electron chi connectivity index (χ2n) is 4.77. The van der Waals surface area contributed by atoms with Crippen LogP contribution in [0.15, 0.2) is 54.2 Å². The summed E-state index contributed by atoms with van der Waals surface area (Å²) in [5.74, 6) is 0. The maximum atomic E-state index is 4.35. The molecule has 20 heavy (non-hydrogen) atoms. The van der Waals surface area contributed by atoms with E-state index in [0.717, 1.165) is 18.2 Å². The fourth-order valence-electron chi connectivity index (χ4n) is 2.12. The van der Waals surface area contributed by atoms with Gasteiger partial charge < -0.3 is 5.32 Å². The SMILES string of the molecule is Cc1ccc(CNCc2cccn2-c2nccs2)cc1. The molecule has 0 saturated heterocycles. The number of benzene rings is 1. The summed E-state index contributed by atoms with van der Waals surface area (Å²) in [6.45, 7) is 3.82. The molecule has 0 aliphatic heterocycles. The zero-order chi connectivity index (χ0) is 13.8. The summed E-state index contributed by atoms with van der Waals surface area (Å²) in [6, 6.07) is 12.8. The van der Waals surface area contributed by atoms with Crippen molar-refractivity contribution in [2.24, 2.45) is 0 Å². The maximum Gasteiger partial charge on any atom is 0.193 e. The zero-order valence-electron chi connectivity index (χ0n) is 11.4. The number of aromatic nitrogens is 2. The van der Waals surface area contributed by atoms with Gasteiger partial charge in [0.05, 0.1) is 0 Å². The highest BCUT2D eigenvalue weighted by atomic mass is 32.1.